The molecular formula is C19H15FN4O3. The van der Waals surface area contributed by atoms with Crippen molar-refractivity contribution in [2.75, 3.05) is 11.9 Å². The molecule has 0 bridgehead atoms. The molecule has 3 aromatic rings. The molecule has 1 aromatic heterocycles. The highest BCUT2D eigenvalue weighted by Gasteiger charge is 2.12. The van der Waals surface area contributed by atoms with Crippen molar-refractivity contribution in [1.82, 2.24) is 4.98 Å². The fourth-order valence-electron chi connectivity index (χ4n) is 2.63. The topological polar surface area (TPSA) is 101 Å². The van der Waals surface area contributed by atoms with Crippen molar-refractivity contribution >= 4 is 22.4 Å². The van der Waals surface area contributed by atoms with Crippen LogP contribution in [-0.2, 0) is 6.54 Å². The van der Waals surface area contributed by atoms with E-state index < -0.39 is 10.7 Å². The van der Waals surface area contributed by atoms with Gasteiger partial charge in [-0.2, -0.15) is 5.26 Å². The number of nitriles is 1. The number of rotatable bonds is 6. The van der Waals surface area contributed by atoms with E-state index in [1.807, 2.05) is 6.07 Å². The molecular weight excluding hydrogens is 351 g/mol. The standard InChI is InChI=1S/C19H15FN4O3/c1-2-27-18-6-3-12(7-16(18)20)11-22-19-8-13(10-21)15-9-14(24(25)26)4-5-17(15)23-19/h3-9H,2,11H2,1H3,(H,22,23). The van der Waals surface area contributed by atoms with E-state index in [2.05, 4.69) is 10.3 Å². The SMILES string of the molecule is CCOc1ccc(CNc2cc(C#N)c3cc([N+](=O)[O-])ccc3n2)cc1F. The largest absolute Gasteiger partial charge is 0.491 e. The Morgan fingerprint density at radius 2 is 2.11 bits per heavy atom. The van der Waals surface area contributed by atoms with Crippen molar-refractivity contribution in [3.8, 4) is 11.8 Å². The Kier molecular flexibility index (Phi) is 5.13. The summed E-state index contributed by atoms with van der Waals surface area (Å²) in [6, 6.07) is 12.4. The van der Waals surface area contributed by atoms with Gasteiger partial charge >= 0.3 is 0 Å². The van der Waals surface area contributed by atoms with E-state index in [-0.39, 0.29) is 17.0 Å². The van der Waals surface area contributed by atoms with Gasteiger partial charge in [-0.15, -0.1) is 0 Å². The summed E-state index contributed by atoms with van der Waals surface area (Å²) in [5, 5.41) is 23.7. The van der Waals surface area contributed by atoms with Crippen LogP contribution in [0.25, 0.3) is 10.9 Å². The predicted octanol–water partition coefficient (Wildman–Crippen LogP) is 4.16. The van der Waals surface area contributed by atoms with E-state index in [0.29, 0.717) is 35.4 Å². The molecule has 0 atom stereocenters. The van der Waals surface area contributed by atoms with Gasteiger partial charge in [0.1, 0.15) is 5.82 Å². The summed E-state index contributed by atoms with van der Waals surface area (Å²) in [5.41, 5.74) is 1.30. The smallest absolute Gasteiger partial charge is 0.270 e. The van der Waals surface area contributed by atoms with E-state index in [1.54, 1.807) is 19.1 Å². The number of nitrogens with zero attached hydrogens (tertiary/aromatic N) is 3. The Balaban J connectivity index is 1.85. The minimum absolute atomic E-state index is 0.105. The molecule has 0 radical (unpaired) electrons. The number of benzene rings is 2. The van der Waals surface area contributed by atoms with Gasteiger partial charge in [0.15, 0.2) is 11.6 Å². The van der Waals surface area contributed by atoms with Crippen LogP contribution in [0, 0.1) is 27.3 Å². The molecule has 1 N–H and O–H groups in total. The van der Waals surface area contributed by atoms with Gasteiger partial charge < -0.3 is 10.1 Å². The monoisotopic (exact) mass is 366 g/mol. The number of hydrogen-bond acceptors (Lipinski definition) is 6. The second-order valence-electron chi connectivity index (χ2n) is 5.68. The fraction of sp³-hybridized carbons (Fsp3) is 0.158. The van der Waals surface area contributed by atoms with Crippen LogP contribution in [0.1, 0.15) is 18.1 Å². The van der Waals surface area contributed by atoms with Crippen LogP contribution in [0.4, 0.5) is 15.9 Å². The van der Waals surface area contributed by atoms with Crippen molar-refractivity contribution in [3.63, 3.8) is 0 Å². The summed E-state index contributed by atoms with van der Waals surface area (Å²) in [6.45, 7) is 2.45. The molecule has 8 heteroatoms. The molecule has 0 aliphatic rings. The van der Waals surface area contributed by atoms with Crippen LogP contribution in [0.3, 0.4) is 0 Å². The average Bonchev–Trinajstić information content (AvgIpc) is 2.67. The molecule has 0 spiro atoms. The van der Waals surface area contributed by atoms with Crippen molar-refractivity contribution < 1.29 is 14.1 Å². The number of ether oxygens (including phenoxy) is 1. The van der Waals surface area contributed by atoms with Crippen LogP contribution < -0.4 is 10.1 Å². The van der Waals surface area contributed by atoms with Gasteiger partial charge in [-0.05, 0) is 36.8 Å². The first-order chi connectivity index (χ1) is 13.0. The molecule has 0 saturated heterocycles. The molecule has 7 nitrogen and oxygen atoms in total. The number of pyridine rings is 1. The van der Waals surface area contributed by atoms with Crippen molar-refractivity contribution in [2.45, 2.75) is 13.5 Å². The first-order valence-corrected chi connectivity index (χ1v) is 8.16. The number of nitrogens with one attached hydrogen (secondary N) is 1. The summed E-state index contributed by atoms with van der Waals surface area (Å²) in [5.74, 6) is 0.160. The number of fused-ring (bicyclic) bond motifs is 1. The zero-order valence-electron chi connectivity index (χ0n) is 14.4. The second-order valence-corrected chi connectivity index (χ2v) is 5.68. The molecule has 27 heavy (non-hydrogen) atoms. The Hall–Kier alpha value is -3.73. The average molecular weight is 366 g/mol. The van der Waals surface area contributed by atoms with Gasteiger partial charge in [-0.25, -0.2) is 9.37 Å². The van der Waals surface area contributed by atoms with E-state index in [0.717, 1.165) is 0 Å². The normalized spacial score (nSPS) is 10.4. The lowest BCUT2D eigenvalue weighted by atomic mass is 10.1. The second kappa shape index (κ2) is 7.66. The lowest BCUT2D eigenvalue weighted by Gasteiger charge is -2.10. The molecule has 0 unspecified atom stereocenters. The maximum Gasteiger partial charge on any atom is 0.270 e. The number of nitro groups is 1. The Labute approximate surface area is 154 Å². The maximum absolute atomic E-state index is 13.9. The van der Waals surface area contributed by atoms with E-state index >= 15 is 0 Å². The zero-order valence-corrected chi connectivity index (χ0v) is 14.4. The molecule has 1 heterocycles. The maximum atomic E-state index is 13.9. The first-order valence-electron chi connectivity index (χ1n) is 8.16. The van der Waals surface area contributed by atoms with E-state index in [9.17, 15) is 19.8 Å². The fourth-order valence-corrected chi connectivity index (χ4v) is 2.63. The van der Waals surface area contributed by atoms with Crippen LogP contribution in [-0.4, -0.2) is 16.5 Å². The molecule has 3 rings (SSSR count). The third kappa shape index (κ3) is 3.93. The van der Waals surface area contributed by atoms with Gasteiger partial charge in [0.05, 0.1) is 28.7 Å². The van der Waals surface area contributed by atoms with Crippen molar-refractivity contribution in [1.29, 1.82) is 5.26 Å². The molecule has 0 aliphatic carbocycles. The van der Waals surface area contributed by atoms with Gasteiger partial charge in [0, 0.05) is 24.1 Å². The van der Waals surface area contributed by atoms with Crippen LogP contribution in [0.5, 0.6) is 5.75 Å². The number of halogens is 1. The van der Waals surface area contributed by atoms with Crippen molar-refractivity contribution in [3.05, 3.63) is 69.5 Å². The highest BCUT2D eigenvalue weighted by Crippen LogP contribution is 2.25. The highest BCUT2D eigenvalue weighted by molar-refractivity contribution is 5.88. The Morgan fingerprint density at radius 1 is 1.30 bits per heavy atom. The first kappa shape index (κ1) is 18.1. The minimum atomic E-state index is -0.521. The quantitative estimate of drug-likeness (QED) is 0.519. The predicted molar refractivity (Wildman–Crippen MR) is 98.0 cm³/mol. The summed E-state index contributed by atoms with van der Waals surface area (Å²) in [6.07, 6.45) is 0. The molecule has 136 valence electrons. The molecule has 0 aliphatic heterocycles. The van der Waals surface area contributed by atoms with E-state index in [1.165, 1.54) is 30.3 Å². The molecule has 0 saturated carbocycles. The third-order valence-electron chi connectivity index (χ3n) is 3.89. The summed E-state index contributed by atoms with van der Waals surface area (Å²) in [7, 11) is 0. The van der Waals surface area contributed by atoms with Gasteiger partial charge in [0.25, 0.3) is 5.69 Å². The summed E-state index contributed by atoms with van der Waals surface area (Å²) < 4.78 is 19.1. The van der Waals surface area contributed by atoms with Crippen LogP contribution in [0.15, 0.2) is 42.5 Å². The van der Waals surface area contributed by atoms with E-state index in [4.69, 9.17) is 4.74 Å². The van der Waals surface area contributed by atoms with Gasteiger partial charge in [-0.1, -0.05) is 6.07 Å². The Bertz CT molecular complexity index is 1060. The number of non-ortho nitro benzene ring substituents is 1. The summed E-state index contributed by atoms with van der Waals surface area (Å²) >= 11 is 0. The van der Waals surface area contributed by atoms with Gasteiger partial charge in [-0.3, -0.25) is 10.1 Å². The Morgan fingerprint density at radius 3 is 2.78 bits per heavy atom. The highest BCUT2D eigenvalue weighted by atomic mass is 19.1. The van der Waals surface area contributed by atoms with Crippen LogP contribution >= 0.6 is 0 Å². The summed E-state index contributed by atoms with van der Waals surface area (Å²) in [4.78, 5) is 14.8. The zero-order chi connectivity index (χ0) is 19.4. The third-order valence-corrected chi connectivity index (χ3v) is 3.89. The molecule has 2 aromatic carbocycles. The van der Waals surface area contributed by atoms with Crippen LogP contribution in [0.2, 0.25) is 0 Å². The number of aromatic nitrogens is 1. The number of hydrogen-bond donors (Lipinski definition) is 1. The number of nitro benzene ring substituents is 1. The molecule has 0 fully saturated rings. The van der Waals surface area contributed by atoms with Gasteiger partial charge in [0.2, 0.25) is 0 Å². The van der Waals surface area contributed by atoms with Crippen molar-refractivity contribution in [2.24, 2.45) is 0 Å². The molecule has 0 amide bonds. The minimum Gasteiger partial charge on any atom is -0.491 e. The lowest BCUT2D eigenvalue weighted by Crippen LogP contribution is -2.03. The number of anilines is 1. The lowest BCUT2D eigenvalue weighted by molar-refractivity contribution is -0.384.